The topological polar surface area (TPSA) is 86.4 Å². The first-order chi connectivity index (χ1) is 17.0. The number of carbonyl (C=O) groups is 1. The Kier molecular flexibility index (Phi) is 6.63. The molecule has 0 bridgehead atoms. The molecule has 0 radical (unpaired) electrons. The highest BCUT2D eigenvalue weighted by molar-refractivity contribution is 5.76. The molecule has 2 N–H and O–H groups in total. The van der Waals surface area contributed by atoms with E-state index in [9.17, 15) is 13.6 Å². The van der Waals surface area contributed by atoms with Crippen molar-refractivity contribution in [2.24, 2.45) is 0 Å². The number of fused-ring (bicyclic) bond motifs is 1. The third kappa shape index (κ3) is 4.97. The number of rotatable bonds is 5. The summed E-state index contributed by atoms with van der Waals surface area (Å²) in [5.74, 6) is -0.551. The first-order valence-corrected chi connectivity index (χ1v) is 11.8. The summed E-state index contributed by atoms with van der Waals surface area (Å²) in [6.45, 7) is 2.49. The zero-order valence-corrected chi connectivity index (χ0v) is 19.6. The van der Waals surface area contributed by atoms with Crippen molar-refractivity contribution in [2.75, 3.05) is 26.7 Å². The normalized spacial score (nSPS) is 18.3. The van der Waals surface area contributed by atoms with Gasteiger partial charge >= 0.3 is 6.03 Å². The summed E-state index contributed by atoms with van der Waals surface area (Å²) >= 11 is 0. The second kappa shape index (κ2) is 9.99. The predicted molar refractivity (Wildman–Crippen MR) is 126 cm³/mol. The number of amides is 2. The number of nitrogens with one attached hydrogen (secondary N) is 2. The van der Waals surface area contributed by atoms with Crippen molar-refractivity contribution in [1.82, 2.24) is 30.3 Å². The van der Waals surface area contributed by atoms with Crippen LogP contribution < -0.4 is 10.1 Å². The van der Waals surface area contributed by atoms with Crippen molar-refractivity contribution >= 4 is 6.03 Å². The van der Waals surface area contributed by atoms with Crippen molar-refractivity contribution < 1.29 is 18.3 Å². The molecule has 1 saturated heterocycles. The maximum Gasteiger partial charge on any atom is 0.317 e. The second-order valence-electron chi connectivity index (χ2n) is 9.01. The molecule has 4 heterocycles. The first-order valence-electron chi connectivity index (χ1n) is 11.8. The molecule has 5 rings (SSSR count). The van der Waals surface area contributed by atoms with Crippen LogP contribution in [0, 0.1) is 11.6 Å². The van der Waals surface area contributed by atoms with Gasteiger partial charge in [-0.2, -0.15) is 5.10 Å². The maximum atomic E-state index is 14.1. The fraction of sp³-hybridized carbons (Fsp3) is 0.400. The van der Waals surface area contributed by atoms with Crippen LogP contribution in [0.4, 0.5) is 13.6 Å². The Hall–Kier alpha value is -3.53. The SMILES string of the molecule is COc1ccc(-c2n[nH]c3c2CN(C(=O)NC2CCCN(Cc4c(F)cccc4F)C2)CC3)cn1. The van der Waals surface area contributed by atoms with Crippen molar-refractivity contribution in [3.05, 3.63) is 65.0 Å². The number of carbonyl (C=O) groups excluding carboxylic acids is 1. The van der Waals surface area contributed by atoms with Gasteiger partial charge < -0.3 is 15.0 Å². The van der Waals surface area contributed by atoms with E-state index in [1.807, 2.05) is 11.0 Å². The number of hydrogen-bond donors (Lipinski definition) is 2. The Balaban J connectivity index is 1.22. The number of H-pyrrole nitrogens is 1. The van der Waals surface area contributed by atoms with Gasteiger partial charge in [-0.15, -0.1) is 0 Å². The van der Waals surface area contributed by atoms with E-state index in [4.69, 9.17) is 4.74 Å². The van der Waals surface area contributed by atoms with Crippen LogP contribution in [-0.4, -0.2) is 63.8 Å². The molecule has 10 heteroatoms. The standard InChI is InChI=1S/C25H28F2N6O2/c1-35-23-8-7-16(12-28-23)24-19-15-33(11-9-22(19)30-31-24)25(34)29-17-4-3-10-32(13-17)14-18-20(26)5-2-6-21(18)27/h2,5-8,12,17H,3-4,9-11,13-15H2,1H3,(H,29,34)(H,30,31). The molecular weight excluding hydrogens is 454 g/mol. The Morgan fingerprint density at radius 2 is 2.06 bits per heavy atom. The van der Waals surface area contributed by atoms with Crippen LogP contribution in [0.15, 0.2) is 36.5 Å². The summed E-state index contributed by atoms with van der Waals surface area (Å²) in [6, 6.07) is 7.38. The van der Waals surface area contributed by atoms with E-state index in [-0.39, 0.29) is 24.2 Å². The molecule has 1 atom stereocenters. The minimum Gasteiger partial charge on any atom is -0.481 e. The highest BCUT2D eigenvalue weighted by Gasteiger charge is 2.29. The third-order valence-electron chi connectivity index (χ3n) is 6.72. The number of likely N-dealkylation sites (tertiary alicyclic amines) is 1. The average molecular weight is 483 g/mol. The van der Waals surface area contributed by atoms with Gasteiger partial charge in [0.2, 0.25) is 5.88 Å². The number of ether oxygens (including phenoxy) is 1. The van der Waals surface area contributed by atoms with Gasteiger partial charge in [-0.25, -0.2) is 18.6 Å². The fourth-order valence-corrected chi connectivity index (χ4v) is 4.84. The van der Waals surface area contributed by atoms with Gasteiger partial charge in [0.25, 0.3) is 0 Å². The van der Waals surface area contributed by atoms with Crippen LogP contribution in [0.25, 0.3) is 11.3 Å². The van der Waals surface area contributed by atoms with Gasteiger partial charge in [-0.3, -0.25) is 10.00 Å². The number of pyridine rings is 1. The van der Waals surface area contributed by atoms with Crippen molar-refractivity contribution in [3.63, 3.8) is 0 Å². The molecule has 0 aliphatic carbocycles. The largest absolute Gasteiger partial charge is 0.481 e. The third-order valence-corrected chi connectivity index (χ3v) is 6.72. The van der Waals surface area contributed by atoms with E-state index >= 15 is 0 Å². The molecule has 1 aromatic carbocycles. The number of methoxy groups -OCH3 is 1. The van der Waals surface area contributed by atoms with Crippen LogP contribution in [0.1, 0.15) is 29.7 Å². The smallest absolute Gasteiger partial charge is 0.317 e. The highest BCUT2D eigenvalue weighted by atomic mass is 19.1. The molecule has 184 valence electrons. The van der Waals surface area contributed by atoms with Crippen LogP contribution in [0.5, 0.6) is 5.88 Å². The zero-order valence-electron chi connectivity index (χ0n) is 19.6. The molecule has 2 aromatic heterocycles. The van der Waals surface area contributed by atoms with Gasteiger partial charge in [0.05, 0.1) is 19.3 Å². The molecule has 35 heavy (non-hydrogen) atoms. The molecule has 3 aromatic rings. The Bertz CT molecular complexity index is 1180. The molecule has 2 amide bonds. The van der Waals surface area contributed by atoms with Crippen LogP contribution >= 0.6 is 0 Å². The van der Waals surface area contributed by atoms with E-state index in [2.05, 4.69) is 20.5 Å². The van der Waals surface area contributed by atoms with E-state index < -0.39 is 11.6 Å². The summed E-state index contributed by atoms with van der Waals surface area (Å²) in [4.78, 5) is 21.2. The average Bonchev–Trinajstić information content (AvgIpc) is 3.30. The van der Waals surface area contributed by atoms with Gasteiger partial charge in [-0.05, 0) is 37.6 Å². The lowest BCUT2D eigenvalue weighted by Crippen LogP contribution is -2.52. The molecule has 0 spiro atoms. The van der Waals surface area contributed by atoms with Crippen LogP contribution in [-0.2, 0) is 19.5 Å². The zero-order chi connectivity index (χ0) is 24.4. The summed E-state index contributed by atoms with van der Waals surface area (Å²) in [5.41, 5.74) is 3.72. The number of benzene rings is 1. The predicted octanol–water partition coefficient (Wildman–Crippen LogP) is 3.49. The number of halogens is 2. The lowest BCUT2D eigenvalue weighted by atomic mass is 10.0. The first kappa shape index (κ1) is 23.2. The molecule has 1 fully saturated rings. The summed E-state index contributed by atoms with van der Waals surface area (Å²) in [6.07, 6.45) is 4.07. The molecule has 2 aliphatic heterocycles. The number of urea groups is 1. The lowest BCUT2D eigenvalue weighted by Gasteiger charge is -2.35. The number of aromatic amines is 1. The fourth-order valence-electron chi connectivity index (χ4n) is 4.84. The van der Waals surface area contributed by atoms with E-state index in [1.54, 1.807) is 24.3 Å². The highest BCUT2D eigenvalue weighted by Crippen LogP contribution is 2.29. The lowest BCUT2D eigenvalue weighted by molar-refractivity contribution is 0.158. The van der Waals surface area contributed by atoms with Crippen LogP contribution in [0.2, 0.25) is 0 Å². The maximum absolute atomic E-state index is 14.1. The monoisotopic (exact) mass is 482 g/mol. The van der Waals surface area contributed by atoms with Gasteiger partial charge in [0, 0.05) is 66.7 Å². The summed E-state index contributed by atoms with van der Waals surface area (Å²) in [7, 11) is 1.57. The van der Waals surface area contributed by atoms with Gasteiger partial charge in [0.1, 0.15) is 11.6 Å². The minimum atomic E-state index is -0.539. The summed E-state index contributed by atoms with van der Waals surface area (Å²) in [5, 5.41) is 10.7. The molecule has 0 saturated carbocycles. The minimum absolute atomic E-state index is 0.0727. The van der Waals surface area contributed by atoms with E-state index in [1.165, 1.54) is 18.2 Å². The molecular formula is C25H28F2N6O2. The van der Waals surface area contributed by atoms with Gasteiger partial charge in [0.15, 0.2) is 0 Å². The number of piperidine rings is 1. The number of hydrogen-bond acceptors (Lipinski definition) is 5. The summed E-state index contributed by atoms with van der Waals surface area (Å²) < 4.78 is 33.3. The van der Waals surface area contributed by atoms with E-state index in [0.717, 1.165) is 41.9 Å². The quantitative estimate of drug-likeness (QED) is 0.582. The molecule has 2 aliphatic rings. The van der Waals surface area contributed by atoms with Crippen molar-refractivity contribution in [2.45, 2.75) is 38.4 Å². The van der Waals surface area contributed by atoms with Crippen LogP contribution in [0.3, 0.4) is 0 Å². The molecule has 8 nitrogen and oxygen atoms in total. The Morgan fingerprint density at radius 1 is 1.23 bits per heavy atom. The van der Waals surface area contributed by atoms with Crippen molar-refractivity contribution in [3.8, 4) is 17.1 Å². The number of aromatic nitrogens is 3. The molecule has 1 unspecified atom stereocenters. The van der Waals surface area contributed by atoms with Gasteiger partial charge in [-0.1, -0.05) is 6.07 Å². The second-order valence-corrected chi connectivity index (χ2v) is 9.01. The Morgan fingerprint density at radius 3 is 2.80 bits per heavy atom. The Labute approximate surface area is 202 Å². The van der Waals surface area contributed by atoms with E-state index in [0.29, 0.717) is 31.9 Å². The van der Waals surface area contributed by atoms with Crippen molar-refractivity contribution in [1.29, 1.82) is 0 Å². The number of nitrogens with zero attached hydrogens (tertiary/aromatic N) is 4.